The van der Waals surface area contributed by atoms with E-state index >= 15 is 8.78 Å². The summed E-state index contributed by atoms with van der Waals surface area (Å²) in [5, 5.41) is 30.2. The topological polar surface area (TPSA) is 230 Å². The smallest absolute Gasteiger partial charge is 0.493 e. The lowest BCUT2D eigenvalue weighted by Crippen LogP contribution is -2.68. The number of unbranched alkanes of at least 4 members (excludes halogenated alkanes) is 1. The monoisotopic (exact) mass is 780 g/mol. The van der Waals surface area contributed by atoms with Crippen molar-refractivity contribution < 1.29 is 71.9 Å². The first-order valence-electron chi connectivity index (χ1n) is 17.7. The zero-order chi connectivity index (χ0) is 40.3. The van der Waals surface area contributed by atoms with E-state index in [1.165, 1.54) is 44.4 Å². The lowest BCUT2D eigenvalue weighted by molar-refractivity contribution is -0.790. The van der Waals surface area contributed by atoms with E-state index in [2.05, 4.69) is 9.68 Å². The second-order valence-electron chi connectivity index (χ2n) is 14.7. The van der Waals surface area contributed by atoms with Gasteiger partial charge in [-0.15, -0.1) is 20.2 Å². The molecule has 9 atom stereocenters. The Hall–Kier alpha value is -5.20. The third-order valence-corrected chi connectivity index (χ3v) is 11.7. The highest BCUT2D eigenvalue weighted by Gasteiger charge is 2.72. The molecule has 0 saturated heterocycles. The normalized spacial score (nSPS) is 31.1. The summed E-state index contributed by atoms with van der Waals surface area (Å²) in [6.07, 6.45) is -1.09. The Kier molecular flexibility index (Phi) is 12.1. The molecule has 5 rings (SSSR count). The molecule has 1 aromatic carbocycles. The SMILES string of the molecule is COc1cc(C(=O)OCCCCC(CO[N+](=O)[O-])O[N+](=O)[O-])ccc1OC(=O)OCC(=O)C1CCC2C3C[C@H](F)C4=CC(=O)C=CC4(C)[C@@]3(F)C(O)CC12C. The van der Waals surface area contributed by atoms with Crippen LogP contribution in [0.4, 0.5) is 13.6 Å². The number of carbonyl (C=O) groups is 4. The van der Waals surface area contributed by atoms with Gasteiger partial charge in [0.1, 0.15) is 18.9 Å². The first-order valence-corrected chi connectivity index (χ1v) is 17.7. The van der Waals surface area contributed by atoms with Gasteiger partial charge in [-0.1, -0.05) is 13.0 Å². The molecule has 3 saturated carbocycles. The number of Topliss-reactive ketones (excluding diaryl/α,β-unsaturated/α-hetero) is 1. The fraction of sp³-hybridized carbons (Fsp3) is 0.611. The zero-order valence-corrected chi connectivity index (χ0v) is 30.3. The number of halogens is 2. The van der Waals surface area contributed by atoms with Gasteiger partial charge in [-0.3, -0.25) is 9.59 Å². The molecule has 0 aliphatic heterocycles. The molecule has 300 valence electrons. The minimum absolute atomic E-state index is 0.0127. The molecule has 1 aromatic rings. The molecule has 0 radical (unpaired) electrons. The summed E-state index contributed by atoms with van der Waals surface area (Å²) < 4.78 is 53.7. The summed E-state index contributed by atoms with van der Waals surface area (Å²) in [6, 6.07) is 3.75. The summed E-state index contributed by atoms with van der Waals surface area (Å²) in [7, 11) is 1.25. The fourth-order valence-corrected chi connectivity index (χ4v) is 9.11. The van der Waals surface area contributed by atoms with Crippen molar-refractivity contribution in [1.82, 2.24) is 0 Å². The highest BCUT2D eigenvalue weighted by Crippen LogP contribution is 2.69. The van der Waals surface area contributed by atoms with Crippen LogP contribution < -0.4 is 9.47 Å². The van der Waals surface area contributed by atoms with E-state index in [-0.39, 0.29) is 61.3 Å². The number of hydrogen-bond acceptors (Lipinski definition) is 15. The minimum atomic E-state index is -2.27. The standard InChI is InChI=1S/C36H42F2N2O15/c1-34-17-31(43)36(38)25(16-27(37)26-15-21(41)11-12-35(26,36)2)23(34)8-9-24(34)28(42)19-52-33(45)54-29-10-7-20(14-30(29)50-3)32(44)51-13-5-4-6-22(55-40(48)49)18-53-39(46)47/h7,10-12,14-15,22-25,27,31,43H,4-6,8-9,13,16-19H2,1-3H3/t22?,23?,24?,25?,27-,31?,34?,35?,36-/m0/s1. The molecule has 0 aromatic heterocycles. The summed E-state index contributed by atoms with van der Waals surface area (Å²) in [5.74, 6) is -4.03. The number of aliphatic hydroxyl groups excluding tert-OH is 1. The third kappa shape index (κ3) is 8.11. The maximum Gasteiger partial charge on any atom is 0.514 e. The Morgan fingerprint density at radius 1 is 1.05 bits per heavy atom. The van der Waals surface area contributed by atoms with Gasteiger partial charge in [0.25, 0.3) is 10.2 Å². The van der Waals surface area contributed by atoms with Gasteiger partial charge >= 0.3 is 12.1 Å². The maximum absolute atomic E-state index is 17.3. The van der Waals surface area contributed by atoms with Crippen LogP contribution >= 0.6 is 0 Å². The third-order valence-electron chi connectivity index (χ3n) is 11.7. The van der Waals surface area contributed by atoms with Crippen LogP contribution in [0.2, 0.25) is 0 Å². The number of aliphatic hydroxyl groups is 1. The molecule has 17 nitrogen and oxygen atoms in total. The molecule has 19 heteroatoms. The number of carbonyl (C=O) groups excluding carboxylic acids is 4. The van der Waals surface area contributed by atoms with Gasteiger partial charge in [-0.05, 0) is 99.1 Å². The quantitative estimate of drug-likeness (QED) is 0.0779. The number of methoxy groups -OCH3 is 1. The molecule has 0 amide bonds. The van der Waals surface area contributed by atoms with Crippen LogP contribution in [0.15, 0.2) is 42.0 Å². The minimum Gasteiger partial charge on any atom is -0.493 e. The van der Waals surface area contributed by atoms with E-state index in [4.69, 9.17) is 18.9 Å². The highest BCUT2D eigenvalue weighted by atomic mass is 19.1. The van der Waals surface area contributed by atoms with Crippen molar-refractivity contribution in [3.05, 3.63) is 67.8 Å². The van der Waals surface area contributed by atoms with Gasteiger partial charge in [0.05, 0.1) is 25.4 Å². The number of ketones is 2. The van der Waals surface area contributed by atoms with Crippen LogP contribution in [-0.2, 0) is 28.7 Å². The number of nitrogens with zero attached hydrogens (tertiary/aromatic N) is 2. The number of benzene rings is 1. The van der Waals surface area contributed by atoms with Crippen LogP contribution in [0.1, 0.15) is 69.2 Å². The molecule has 4 aliphatic rings. The van der Waals surface area contributed by atoms with E-state index in [0.29, 0.717) is 12.8 Å². The van der Waals surface area contributed by atoms with E-state index < -0.39 is 99.7 Å². The van der Waals surface area contributed by atoms with Gasteiger partial charge in [0.2, 0.25) is 0 Å². The second kappa shape index (κ2) is 16.3. The molecule has 0 heterocycles. The maximum atomic E-state index is 17.3. The van der Waals surface area contributed by atoms with Crippen molar-refractivity contribution in [2.75, 3.05) is 26.9 Å². The number of hydrogen-bond donors (Lipinski definition) is 1. The van der Waals surface area contributed by atoms with Crippen molar-refractivity contribution >= 4 is 23.7 Å². The summed E-state index contributed by atoms with van der Waals surface area (Å²) in [4.78, 5) is 80.2. The lowest BCUT2D eigenvalue weighted by Gasteiger charge is -2.62. The Morgan fingerprint density at radius 2 is 1.80 bits per heavy atom. The van der Waals surface area contributed by atoms with Crippen LogP contribution in [0, 0.1) is 48.8 Å². The zero-order valence-electron chi connectivity index (χ0n) is 30.3. The van der Waals surface area contributed by atoms with Crippen molar-refractivity contribution in [2.45, 2.75) is 82.8 Å². The molecular formula is C36H42F2N2O15. The number of alkyl halides is 2. The number of rotatable bonds is 16. The van der Waals surface area contributed by atoms with Gasteiger partial charge in [0, 0.05) is 17.3 Å². The predicted octanol–water partition coefficient (Wildman–Crippen LogP) is 4.83. The highest BCUT2D eigenvalue weighted by molar-refractivity contribution is 6.01. The largest absolute Gasteiger partial charge is 0.514 e. The Balaban J connectivity index is 1.13. The van der Waals surface area contributed by atoms with Gasteiger partial charge in [0.15, 0.2) is 35.3 Å². The van der Waals surface area contributed by atoms with Crippen LogP contribution in [0.5, 0.6) is 11.5 Å². The van der Waals surface area contributed by atoms with Gasteiger partial charge in [-0.2, -0.15) is 0 Å². The summed E-state index contributed by atoms with van der Waals surface area (Å²) in [6.45, 7) is 1.83. The van der Waals surface area contributed by atoms with Crippen molar-refractivity contribution in [2.24, 2.45) is 28.6 Å². The van der Waals surface area contributed by atoms with Gasteiger partial charge in [-0.25, -0.2) is 18.4 Å². The summed E-state index contributed by atoms with van der Waals surface area (Å²) >= 11 is 0. The van der Waals surface area contributed by atoms with E-state index in [0.717, 1.165) is 6.08 Å². The molecule has 1 N–H and O–H groups in total. The number of fused-ring (bicyclic) bond motifs is 5. The first kappa shape index (κ1) is 41.0. The molecule has 0 spiro atoms. The molecule has 55 heavy (non-hydrogen) atoms. The number of allylic oxidation sites excluding steroid dienone is 4. The first-order chi connectivity index (χ1) is 25.9. The van der Waals surface area contributed by atoms with E-state index in [1.54, 1.807) is 6.92 Å². The predicted molar refractivity (Wildman–Crippen MR) is 181 cm³/mol. The Bertz CT molecular complexity index is 1770. The van der Waals surface area contributed by atoms with Gasteiger partial charge < -0.3 is 33.7 Å². The van der Waals surface area contributed by atoms with Crippen molar-refractivity contribution in [3.8, 4) is 11.5 Å². The fourth-order valence-electron chi connectivity index (χ4n) is 9.11. The van der Waals surface area contributed by atoms with E-state index in [1.807, 2.05) is 0 Å². The Morgan fingerprint density at radius 3 is 2.49 bits per heavy atom. The molecule has 3 fully saturated rings. The molecule has 4 aliphatic carbocycles. The van der Waals surface area contributed by atoms with Crippen LogP contribution in [-0.4, -0.2) is 89.9 Å². The summed E-state index contributed by atoms with van der Waals surface area (Å²) in [5.41, 5.74) is -4.70. The lowest BCUT2D eigenvalue weighted by atomic mass is 9.45. The van der Waals surface area contributed by atoms with Crippen molar-refractivity contribution in [3.63, 3.8) is 0 Å². The Labute approximate surface area is 313 Å². The number of esters is 1. The number of ether oxygens (including phenoxy) is 4. The molecule has 7 unspecified atom stereocenters. The van der Waals surface area contributed by atoms with Crippen molar-refractivity contribution in [1.29, 1.82) is 0 Å². The van der Waals surface area contributed by atoms with Crippen LogP contribution in [0.3, 0.4) is 0 Å². The average Bonchev–Trinajstić information content (AvgIpc) is 3.47. The molecule has 0 bridgehead atoms. The van der Waals surface area contributed by atoms with E-state index in [9.17, 15) is 44.5 Å². The second-order valence-corrected chi connectivity index (χ2v) is 14.7. The molecular weight excluding hydrogens is 738 g/mol. The average molecular weight is 781 g/mol. The van der Waals surface area contributed by atoms with Crippen LogP contribution in [0.25, 0.3) is 0 Å².